The summed E-state index contributed by atoms with van der Waals surface area (Å²) in [4.78, 5) is -0.441. The van der Waals surface area contributed by atoms with Gasteiger partial charge in [-0.05, 0) is 78.2 Å². The molecular formula is C23H19N5O6S2. The summed E-state index contributed by atoms with van der Waals surface area (Å²) in [6.45, 7) is 0. The number of hydrogen-bond donors (Lipinski definition) is 3. The summed E-state index contributed by atoms with van der Waals surface area (Å²) in [7, 11) is -8.03. The molecule has 0 aromatic heterocycles. The van der Waals surface area contributed by atoms with E-state index in [0.717, 1.165) is 6.26 Å². The number of anilines is 1. The molecule has 0 amide bonds. The zero-order chi connectivity index (χ0) is 26.1. The number of aromatic hydroxyl groups is 1. The fourth-order valence-electron chi connectivity index (χ4n) is 3.24. The summed E-state index contributed by atoms with van der Waals surface area (Å²) in [6.07, 6.45) is 1.01. The van der Waals surface area contributed by atoms with Crippen LogP contribution in [0.25, 0.3) is 10.8 Å². The second kappa shape index (κ2) is 9.45. The molecule has 4 aromatic rings. The van der Waals surface area contributed by atoms with Crippen LogP contribution >= 0.6 is 0 Å². The van der Waals surface area contributed by atoms with Crippen LogP contribution < -0.4 is 5.73 Å². The van der Waals surface area contributed by atoms with E-state index in [2.05, 4.69) is 20.5 Å². The summed E-state index contributed by atoms with van der Waals surface area (Å²) in [5, 5.41) is 27.6. The van der Waals surface area contributed by atoms with Gasteiger partial charge in [-0.2, -0.15) is 23.8 Å². The lowest BCUT2D eigenvalue weighted by Crippen LogP contribution is -1.98. The molecule has 0 aliphatic heterocycles. The Morgan fingerprint density at radius 1 is 0.722 bits per heavy atom. The highest BCUT2D eigenvalue weighted by Gasteiger charge is 2.20. The smallest absolute Gasteiger partial charge is 0.294 e. The normalized spacial score (nSPS) is 12.6. The molecule has 11 nitrogen and oxygen atoms in total. The molecule has 0 fully saturated rings. The summed E-state index contributed by atoms with van der Waals surface area (Å²) in [5.74, 6) is -0.331. The van der Waals surface area contributed by atoms with Gasteiger partial charge in [0.2, 0.25) is 0 Å². The van der Waals surface area contributed by atoms with E-state index < -0.39 is 20.0 Å². The third-order valence-corrected chi connectivity index (χ3v) is 6.98. The van der Waals surface area contributed by atoms with Crippen LogP contribution in [0.15, 0.2) is 103 Å². The van der Waals surface area contributed by atoms with E-state index in [9.17, 15) is 21.9 Å². The van der Waals surface area contributed by atoms with Crippen LogP contribution in [0.3, 0.4) is 0 Å². The van der Waals surface area contributed by atoms with Crippen molar-refractivity contribution in [2.75, 3.05) is 12.0 Å². The van der Waals surface area contributed by atoms with E-state index in [1.807, 2.05) is 0 Å². The molecule has 36 heavy (non-hydrogen) atoms. The first-order chi connectivity index (χ1) is 16.9. The first-order valence-corrected chi connectivity index (χ1v) is 13.5. The molecule has 4 N–H and O–H groups in total. The Morgan fingerprint density at radius 3 is 1.72 bits per heavy atom. The van der Waals surface area contributed by atoms with Crippen LogP contribution in [-0.4, -0.2) is 32.8 Å². The van der Waals surface area contributed by atoms with E-state index in [4.69, 9.17) is 10.3 Å². The van der Waals surface area contributed by atoms with E-state index in [1.165, 1.54) is 30.3 Å². The average molecular weight is 526 g/mol. The maximum atomic E-state index is 12.3. The van der Waals surface area contributed by atoms with Gasteiger partial charge in [-0.15, -0.1) is 5.11 Å². The van der Waals surface area contributed by atoms with Crippen molar-refractivity contribution in [2.24, 2.45) is 20.5 Å². The highest BCUT2D eigenvalue weighted by Crippen LogP contribution is 2.41. The number of nitrogen functional groups attached to an aromatic ring is 1. The van der Waals surface area contributed by atoms with Crippen LogP contribution in [0.4, 0.5) is 28.4 Å². The minimum atomic E-state index is -4.29. The van der Waals surface area contributed by atoms with Crippen molar-refractivity contribution in [3.8, 4) is 5.75 Å². The Labute approximate surface area is 206 Å². The van der Waals surface area contributed by atoms with Crippen molar-refractivity contribution in [3.05, 3.63) is 72.8 Å². The van der Waals surface area contributed by atoms with E-state index in [-0.39, 0.29) is 21.2 Å². The molecule has 0 heterocycles. The fourth-order valence-corrected chi connectivity index (χ4v) is 4.55. The molecule has 13 heteroatoms. The predicted molar refractivity (Wildman–Crippen MR) is 134 cm³/mol. The number of rotatable bonds is 6. The summed E-state index contributed by atoms with van der Waals surface area (Å²) in [6, 6.07) is 17.6. The lowest BCUT2D eigenvalue weighted by atomic mass is 10.1. The van der Waals surface area contributed by atoms with Crippen LogP contribution in [-0.2, 0) is 20.0 Å². The average Bonchev–Trinajstić information content (AvgIpc) is 2.81. The van der Waals surface area contributed by atoms with Crippen molar-refractivity contribution in [3.63, 3.8) is 0 Å². The maximum absolute atomic E-state index is 12.3. The Hall–Kier alpha value is -4.20. The Morgan fingerprint density at radius 2 is 1.22 bits per heavy atom. The first kappa shape index (κ1) is 24.9. The molecular weight excluding hydrogens is 506 g/mol. The van der Waals surface area contributed by atoms with Crippen molar-refractivity contribution >= 4 is 59.2 Å². The summed E-state index contributed by atoms with van der Waals surface area (Å²) < 4.78 is 55.9. The van der Waals surface area contributed by atoms with Gasteiger partial charge in [-0.25, -0.2) is 8.42 Å². The van der Waals surface area contributed by atoms with Crippen molar-refractivity contribution in [1.82, 2.24) is 0 Å². The van der Waals surface area contributed by atoms with Gasteiger partial charge >= 0.3 is 0 Å². The third-order valence-electron chi connectivity index (χ3n) is 5.01. The third kappa shape index (κ3) is 5.54. The van der Waals surface area contributed by atoms with E-state index in [1.54, 1.807) is 42.5 Å². The molecule has 0 spiro atoms. The topological polar surface area (TPSA) is 184 Å². The van der Waals surface area contributed by atoms with E-state index in [0.29, 0.717) is 33.5 Å². The SMILES string of the molecule is CS(=O)(=O)c1cc2cc(N)ccc2c(O)c1/N=N/c1ccc(/N=N/c2ccc(S(=O)(=O)O)cc2)cc1. The lowest BCUT2D eigenvalue weighted by molar-refractivity contribution is 0.480. The van der Waals surface area contributed by atoms with Crippen LogP contribution in [0.1, 0.15) is 0 Å². The van der Waals surface area contributed by atoms with Crippen LogP contribution in [0.5, 0.6) is 5.75 Å². The van der Waals surface area contributed by atoms with Crippen molar-refractivity contribution < 1.29 is 26.5 Å². The number of hydrogen-bond acceptors (Lipinski definition) is 10. The number of nitrogens with two attached hydrogens (primary N) is 1. The molecule has 0 atom stereocenters. The van der Waals surface area contributed by atoms with E-state index >= 15 is 0 Å². The molecule has 0 saturated carbocycles. The van der Waals surface area contributed by atoms with Crippen LogP contribution in [0, 0.1) is 0 Å². The first-order valence-electron chi connectivity index (χ1n) is 10.2. The van der Waals surface area contributed by atoms with Gasteiger partial charge in [0.15, 0.2) is 15.6 Å². The minimum absolute atomic E-state index is 0.188. The molecule has 0 radical (unpaired) electrons. The zero-order valence-corrected chi connectivity index (χ0v) is 20.3. The van der Waals surface area contributed by atoms with Gasteiger partial charge in [0.05, 0.1) is 26.9 Å². The summed E-state index contributed by atoms with van der Waals surface area (Å²) in [5.41, 5.74) is 7.19. The largest absolute Gasteiger partial charge is 0.505 e. The monoisotopic (exact) mass is 525 g/mol. The quantitative estimate of drug-likeness (QED) is 0.166. The van der Waals surface area contributed by atoms with Crippen molar-refractivity contribution in [2.45, 2.75) is 9.79 Å². The number of phenols is 1. The number of fused-ring (bicyclic) bond motifs is 1. The summed E-state index contributed by atoms with van der Waals surface area (Å²) >= 11 is 0. The Bertz CT molecular complexity index is 1730. The predicted octanol–water partition coefficient (Wildman–Crippen LogP) is 5.61. The van der Waals surface area contributed by atoms with Gasteiger partial charge in [0.25, 0.3) is 10.1 Å². The minimum Gasteiger partial charge on any atom is -0.505 e. The maximum Gasteiger partial charge on any atom is 0.294 e. The van der Waals surface area contributed by atoms with Gasteiger partial charge in [0.1, 0.15) is 5.69 Å². The number of sulfone groups is 1. The highest BCUT2D eigenvalue weighted by atomic mass is 32.2. The lowest BCUT2D eigenvalue weighted by Gasteiger charge is -2.10. The zero-order valence-electron chi connectivity index (χ0n) is 18.6. The second-order valence-electron chi connectivity index (χ2n) is 7.71. The second-order valence-corrected chi connectivity index (χ2v) is 11.1. The molecule has 4 rings (SSSR count). The highest BCUT2D eigenvalue weighted by molar-refractivity contribution is 7.90. The number of nitrogens with zero attached hydrogens (tertiary/aromatic N) is 4. The molecule has 0 unspecified atom stereocenters. The molecule has 0 aliphatic rings. The van der Waals surface area contributed by atoms with Crippen molar-refractivity contribution in [1.29, 1.82) is 0 Å². The molecule has 0 aliphatic carbocycles. The molecule has 0 saturated heterocycles. The number of phenolic OH excluding ortho intramolecular Hbond substituents is 1. The Balaban J connectivity index is 1.60. The van der Waals surface area contributed by atoms with Crippen LogP contribution in [0.2, 0.25) is 0 Å². The fraction of sp³-hybridized carbons (Fsp3) is 0.0435. The molecule has 0 bridgehead atoms. The molecule has 4 aromatic carbocycles. The van der Waals surface area contributed by atoms with Gasteiger partial charge < -0.3 is 10.8 Å². The van der Waals surface area contributed by atoms with Gasteiger partial charge in [-0.1, -0.05) is 0 Å². The number of azo groups is 2. The van der Waals surface area contributed by atoms with Gasteiger partial charge in [-0.3, -0.25) is 4.55 Å². The standard InChI is InChI=1S/C23H19N5O6S2/c1-35(30,31)21-13-14-12-15(24)2-11-20(14)23(29)22(21)28-27-17-5-3-16(4-6-17)25-26-18-7-9-19(10-8-18)36(32,33)34/h2-13,29H,24H2,1H3,(H,32,33,34)/b26-25+,28-27+. The van der Waals surface area contributed by atoms with Gasteiger partial charge in [0, 0.05) is 17.3 Å². The Kier molecular flexibility index (Phi) is 6.54. The number of benzene rings is 4. The molecule has 184 valence electrons.